The maximum absolute atomic E-state index is 6.43. The summed E-state index contributed by atoms with van der Waals surface area (Å²) in [5, 5.41) is 3.82. The highest BCUT2D eigenvalue weighted by molar-refractivity contribution is 6.74. The average molecular weight is 292 g/mol. The van der Waals surface area contributed by atoms with Gasteiger partial charge in [0.05, 0.1) is 0 Å². The van der Waals surface area contributed by atoms with Gasteiger partial charge in [0.1, 0.15) is 0 Å². The Morgan fingerprint density at radius 1 is 1.15 bits per heavy atom. The fraction of sp³-hybridized carbons (Fsp3) is 0.647. The van der Waals surface area contributed by atoms with Crippen LogP contribution in [0.4, 0.5) is 0 Å². The molecule has 0 bridgehead atoms. The summed E-state index contributed by atoms with van der Waals surface area (Å²) in [6.45, 7) is 14.6. The summed E-state index contributed by atoms with van der Waals surface area (Å²) in [5.41, 5.74) is 1.45. The van der Waals surface area contributed by atoms with Crippen LogP contribution in [-0.4, -0.2) is 28.0 Å². The van der Waals surface area contributed by atoms with E-state index >= 15 is 0 Å². The lowest BCUT2D eigenvalue weighted by molar-refractivity contribution is 0.227. The molecule has 0 spiro atoms. The molecule has 1 aromatic carbocycles. The van der Waals surface area contributed by atoms with Crippen LogP contribution in [0.1, 0.15) is 32.3 Å². The summed E-state index contributed by atoms with van der Waals surface area (Å²) in [6, 6.07) is 10.9. The fourth-order valence-corrected chi connectivity index (χ4v) is 3.59. The molecule has 112 valence electrons. The van der Waals surface area contributed by atoms with Gasteiger partial charge in [0.2, 0.25) is 0 Å². The van der Waals surface area contributed by atoms with Gasteiger partial charge < -0.3 is 9.74 Å². The molecule has 0 aliphatic carbocycles. The van der Waals surface area contributed by atoms with Crippen molar-refractivity contribution in [1.29, 1.82) is 0 Å². The second-order valence-electron chi connectivity index (χ2n) is 7.51. The molecule has 1 heterocycles. The van der Waals surface area contributed by atoms with E-state index in [2.05, 4.69) is 69.5 Å². The van der Waals surface area contributed by atoms with Crippen LogP contribution in [0.15, 0.2) is 30.3 Å². The van der Waals surface area contributed by atoms with Crippen molar-refractivity contribution < 1.29 is 4.43 Å². The highest BCUT2D eigenvalue weighted by Crippen LogP contribution is 2.38. The van der Waals surface area contributed by atoms with E-state index in [1.807, 2.05) is 0 Å². The molecule has 1 aliphatic rings. The molecule has 1 aromatic rings. The van der Waals surface area contributed by atoms with Crippen LogP contribution in [0.5, 0.6) is 0 Å². The minimum atomic E-state index is -1.63. The molecule has 0 unspecified atom stereocenters. The molecule has 2 nitrogen and oxygen atoms in total. The van der Waals surface area contributed by atoms with Crippen molar-refractivity contribution in [3.05, 3.63) is 35.9 Å². The third-order valence-corrected chi connectivity index (χ3v) is 9.53. The van der Waals surface area contributed by atoms with Gasteiger partial charge in [0, 0.05) is 31.5 Å². The quantitative estimate of drug-likeness (QED) is 0.846. The van der Waals surface area contributed by atoms with Crippen molar-refractivity contribution in [1.82, 2.24) is 5.32 Å². The van der Waals surface area contributed by atoms with Gasteiger partial charge in [-0.2, -0.15) is 0 Å². The summed E-state index contributed by atoms with van der Waals surface area (Å²) in [7, 11) is -1.63. The van der Waals surface area contributed by atoms with Crippen molar-refractivity contribution in [3.8, 4) is 0 Å². The minimum absolute atomic E-state index is 0.293. The lowest BCUT2D eigenvalue weighted by atomic mass is 9.90. The van der Waals surface area contributed by atoms with E-state index in [4.69, 9.17) is 4.43 Å². The fourth-order valence-electron chi connectivity index (χ4n) is 2.53. The van der Waals surface area contributed by atoms with E-state index in [0.717, 1.165) is 19.7 Å². The first-order valence-corrected chi connectivity index (χ1v) is 10.6. The number of rotatable bonds is 4. The van der Waals surface area contributed by atoms with Crippen molar-refractivity contribution >= 4 is 8.32 Å². The van der Waals surface area contributed by atoms with E-state index in [1.54, 1.807) is 0 Å². The second kappa shape index (κ2) is 6.00. The summed E-state index contributed by atoms with van der Waals surface area (Å²) in [4.78, 5) is 0. The van der Waals surface area contributed by atoms with Gasteiger partial charge >= 0.3 is 0 Å². The molecule has 0 amide bonds. The summed E-state index contributed by atoms with van der Waals surface area (Å²) in [6.07, 6.45) is 0. The molecule has 3 heteroatoms. The van der Waals surface area contributed by atoms with Gasteiger partial charge in [0.15, 0.2) is 8.32 Å². The maximum Gasteiger partial charge on any atom is 0.191 e. The molecule has 0 radical (unpaired) electrons. The Morgan fingerprint density at radius 3 is 2.40 bits per heavy atom. The van der Waals surface area contributed by atoms with E-state index in [1.165, 1.54) is 5.56 Å². The molecule has 0 saturated carbocycles. The van der Waals surface area contributed by atoms with Gasteiger partial charge in [-0.15, -0.1) is 0 Å². The van der Waals surface area contributed by atoms with Crippen LogP contribution < -0.4 is 5.32 Å². The SMILES string of the molecule is CC(C)(C)[Si](C)(C)OC[C@@H]1CNC[C@H]1c1ccccc1. The molecule has 1 fully saturated rings. The van der Waals surface area contributed by atoms with Gasteiger partial charge in [-0.3, -0.25) is 0 Å². The van der Waals surface area contributed by atoms with E-state index in [0.29, 0.717) is 16.9 Å². The van der Waals surface area contributed by atoms with Crippen LogP contribution in [0.25, 0.3) is 0 Å². The summed E-state index contributed by atoms with van der Waals surface area (Å²) in [5.74, 6) is 1.20. The average Bonchev–Trinajstić information content (AvgIpc) is 2.84. The van der Waals surface area contributed by atoms with Crippen molar-refractivity contribution in [2.45, 2.75) is 44.8 Å². The summed E-state index contributed by atoms with van der Waals surface area (Å²) >= 11 is 0. The highest BCUT2D eigenvalue weighted by Gasteiger charge is 2.39. The van der Waals surface area contributed by atoms with E-state index in [9.17, 15) is 0 Å². The van der Waals surface area contributed by atoms with Crippen molar-refractivity contribution in [2.24, 2.45) is 5.92 Å². The smallest absolute Gasteiger partial charge is 0.191 e. The zero-order chi connectivity index (χ0) is 14.8. The van der Waals surface area contributed by atoms with E-state index < -0.39 is 8.32 Å². The van der Waals surface area contributed by atoms with Crippen LogP contribution in [0, 0.1) is 5.92 Å². The third kappa shape index (κ3) is 3.51. The second-order valence-corrected chi connectivity index (χ2v) is 12.3. The first-order valence-electron chi connectivity index (χ1n) is 7.71. The molecule has 0 aromatic heterocycles. The first kappa shape index (κ1) is 15.7. The predicted octanol–water partition coefficient (Wildman–Crippen LogP) is 4.01. The Morgan fingerprint density at radius 2 is 1.80 bits per heavy atom. The lowest BCUT2D eigenvalue weighted by Gasteiger charge is -2.37. The Kier molecular flexibility index (Phi) is 4.72. The minimum Gasteiger partial charge on any atom is -0.416 e. The van der Waals surface area contributed by atoms with E-state index in [-0.39, 0.29) is 0 Å². The molecular formula is C17H29NOSi. The number of nitrogens with one attached hydrogen (secondary N) is 1. The molecule has 2 atom stereocenters. The molecule has 1 saturated heterocycles. The van der Waals surface area contributed by atoms with Crippen LogP contribution in [0.3, 0.4) is 0 Å². The van der Waals surface area contributed by atoms with Gasteiger partial charge in [-0.25, -0.2) is 0 Å². The summed E-state index contributed by atoms with van der Waals surface area (Å²) < 4.78 is 6.43. The molecule has 1 aliphatic heterocycles. The van der Waals surface area contributed by atoms with Crippen LogP contribution in [0.2, 0.25) is 18.1 Å². The highest BCUT2D eigenvalue weighted by atomic mass is 28.4. The normalized spacial score (nSPS) is 24.1. The number of benzene rings is 1. The van der Waals surface area contributed by atoms with Gasteiger partial charge in [0.25, 0.3) is 0 Å². The first-order chi connectivity index (χ1) is 9.31. The van der Waals surface area contributed by atoms with Crippen LogP contribution in [-0.2, 0) is 4.43 Å². The number of hydrogen-bond acceptors (Lipinski definition) is 2. The van der Waals surface area contributed by atoms with Crippen molar-refractivity contribution in [2.75, 3.05) is 19.7 Å². The Bertz CT molecular complexity index is 424. The molecule has 2 rings (SSSR count). The monoisotopic (exact) mass is 291 g/mol. The lowest BCUT2D eigenvalue weighted by Crippen LogP contribution is -2.42. The zero-order valence-corrected chi connectivity index (χ0v) is 14.6. The Labute approximate surface area is 125 Å². The van der Waals surface area contributed by atoms with Gasteiger partial charge in [-0.05, 0) is 23.7 Å². The maximum atomic E-state index is 6.43. The molecular weight excluding hydrogens is 262 g/mol. The predicted molar refractivity (Wildman–Crippen MR) is 88.7 cm³/mol. The number of hydrogen-bond donors (Lipinski definition) is 1. The largest absolute Gasteiger partial charge is 0.416 e. The van der Waals surface area contributed by atoms with Gasteiger partial charge in [-0.1, -0.05) is 51.1 Å². The standard InChI is InChI=1S/C17H29NOSi/c1-17(2,3)20(4,5)19-13-15-11-18-12-16(15)14-9-7-6-8-10-14/h6-10,15-16,18H,11-13H2,1-5H3/t15-,16-/m0/s1. The Balaban J connectivity index is 1.99. The van der Waals surface area contributed by atoms with Crippen LogP contribution >= 0.6 is 0 Å². The zero-order valence-electron chi connectivity index (χ0n) is 13.6. The molecule has 20 heavy (non-hydrogen) atoms. The topological polar surface area (TPSA) is 21.3 Å². The Hall–Kier alpha value is -0.643. The molecule has 1 N–H and O–H groups in total. The van der Waals surface area contributed by atoms with Crippen molar-refractivity contribution in [3.63, 3.8) is 0 Å². The third-order valence-electron chi connectivity index (χ3n) is 5.03.